The van der Waals surface area contributed by atoms with Crippen molar-refractivity contribution < 1.29 is 29.4 Å². The van der Waals surface area contributed by atoms with Crippen LogP contribution < -0.4 is 5.32 Å². The van der Waals surface area contributed by atoms with Crippen LogP contribution >= 0.6 is 0 Å². The van der Waals surface area contributed by atoms with Gasteiger partial charge in [0.1, 0.15) is 11.5 Å². The first-order chi connectivity index (χ1) is 21.3. The van der Waals surface area contributed by atoms with Gasteiger partial charge < -0.3 is 30.2 Å². The van der Waals surface area contributed by atoms with Gasteiger partial charge in [-0.25, -0.2) is 0 Å². The van der Waals surface area contributed by atoms with E-state index in [1.807, 2.05) is 42.5 Å². The van der Waals surface area contributed by atoms with Gasteiger partial charge in [0.25, 0.3) is 0 Å². The van der Waals surface area contributed by atoms with E-state index in [2.05, 4.69) is 5.32 Å². The second kappa shape index (κ2) is 14.1. The summed E-state index contributed by atoms with van der Waals surface area (Å²) in [5.41, 5.74) is 2.86. The van der Waals surface area contributed by atoms with Crippen molar-refractivity contribution in [1.29, 1.82) is 0 Å². The Morgan fingerprint density at radius 1 is 0.659 bits per heavy atom. The Labute approximate surface area is 256 Å². The first-order valence-corrected chi connectivity index (χ1v) is 15.1. The van der Waals surface area contributed by atoms with E-state index >= 15 is 0 Å². The van der Waals surface area contributed by atoms with Crippen LogP contribution in [0.5, 0.6) is 11.5 Å². The highest BCUT2D eigenvalue weighted by Gasteiger charge is 2.39. The van der Waals surface area contributed by atoms with Crippen LogP contribution in [0.25, 0.3) is 0 Å². The fraction of sp³-hybridized carbons (Fsp3) is 0.353. The van der Waals surface area contributed by atoms with Crippen LogP contribution in [0.15, 0.2) is 78.9 Å². The number of amides is 4. The number of unbranched alkanes of at least 4 members (excludes halogenated alkanes) is 1. The smallest absolute Gasteiger partial charge is 0.312 e. The summed E-state index contributed by atoms with van der Waals surface area (Å²) < 4.78 is 0. The Morgan fingerprint density at radius 2 is 1.32 bits per heavy atom. The zero-order chi connectivity index (χ0) is 31.1. The van der Waals surface area contributed by atoms with Gasteiger partial charge in [0.05, 0.1) is 6.04 Å². The number of rotatable bonds is 12. The summed E-state index contributed by atoms with van der Waals surface area (Å²) in [6.07, 6.45) is 3.10. The van der Waals surface area contributed by atoms with Crippen molar-refractivity contribution in [3.05, 3.63) is 95.6 Å². The fourth-order valence-electron chi connectivity index (χ4n) is 5.94. The van der Waals surface area contributed by atoms with Gasteiger partial charge in [-0.05, 0) is 73.1 Å². The molecule has 0 bridgehead atoms. The molecule has 2 aliphatic heterocycles. The zero-order valence-electron chi connectivity index (χ0n) is 24.6. The molecule has 0 spiro atoms. The average molecular weight is 599 g/mol. The predicted molar refractivity (Wildman–Crippen MR) is 163 cm³/mol. The van der Waals surface area contributed by atoms with Crippen LogP contribution in [0.3, 0.4) is 0 Å². The molecule has 5 rings (SSSR count). The zero-order valence-corrected chi connectivity index (χ0v) is 24.6. The lowest BCUT2D eigenvalue weighted by atomic mass is 9.99. The Bertz CT molecular complexity index is 1460. The van der Waals surface area contributed by atoms with Crippen LogP contribution in [0.2, 0.25) is 0 Å². The van der Waals surface area contributed by atoms with Crippen LogP contribution in [-0.4, -0.2) is 86.8 Å². The lowest BCUT2D eigenvalue weighted by Crippen LogP contribution is -2.60. The molecule has 4 amide bonds. The summed E-state index contributed by atoms with van der Waals surface area (Å²) in [6.45, 7) is 1.90. The van der Waals surface area contributed by atoms with Crippen LogP contribution in [-0.2, 0) is 38.6 Å². The highest BCUT2D eigenvalue weighted by molar-refractivity contribution is 6.36. The monoisotopic (exact) mass is 598 g/mol. The summed E-state index contributed by atoms with van der Waals surface area (Å²) >= 11 is 0. The molecule has 0 radical (unpaired) electrons. The molecule has 0 unspecified atom stereocenters. The minimum Gasteiger partial charge on any atom is -0.508 e. The molecular formula is C34H38N4O6. The van der Waals surface area contributed by atoms with E-state index in [0.717, 1.165) is 16.7 Å². The second-order valence-corrected chi connectivity index (χ2v) is 11.5. The number of hydrogen-bond acceptors (Lipinski definition) is 6. The van der Waals surface area contributed by atoms with Crippen molar-refractivity contribution in [3.8, 4) is 11.5 Å². The molecule has 0 aromatic heterocycles. The van der Waals surface area contributed by atoms with E-state index in [0.29, 0.717) is 64.8 Å². The number of piperazine rings is 2. The number of benzene rings is 3. The average Bonchev–Trinajstić information content (AvgIpc) is 3.03. The van der Waals surface area contributed by atoms with Gasteiger partial charge >= 0.3 is 23.6 Å². The van der Waals surface area contributed by atoms with Crippen LogP contribution in [0.1, 0.15) is 36.0 Å². The third-order valence-electron chi connectivity index (χ3n) is 8.39. The van der Waals surface area contributed by atoms with E-state index in [9.17, 15) is 29.4 Å². The molecule has 10 heteroatoms. The van der Waals surface area contributed by atoms with Gasteiger partial charge in [0.2, 0.25) is 0 Å². The highest BCUT2D eigenvalue weighted by atomic mass is 16.3. The standard InChI is InChI=1S/C34H38N4O6/c39-29-13-9-24(10-14-29)17-19-37-27(21-35-31(41)32(37)42)8-4-5-18-36-23-28(20-25-11-15-30(40)16-12-25)38(34(44)33(36)43)22-26-6-2-1-3-7-26/h1-3,6-7,9-16,27-28,39-40H,4-5,8,17-23H2,(H,35,41)/t27-,28+/m1/s1. The number of carbonyl (C=O) groups is 4. The number of phenols is 2. The van der Waals surface area contributed by atoms with Crippen molar-refractivity contribution in [1.82, 2.24) is 20.0 Å². The number of phenolic OH excluding ortho intramolecular Hbond substituents is 2. The molecule has 2 aliphatic rings. The number of aromatic hydroxyl groups is 2. The normalized spacial score (nSPS) is 19.0. The molecule has 230 valence electrons. The van der Waals surface area contributed by atoms with Crippen molar-refractivity contribution in [2.45, 2.75) is 50.7 Å². The van der Waals surface area contributed by atoms with Gasteiger partial charge in [-0.15, -0.1) is 0 Å². The Kier molecular flexibility index (Phi) is 9.79. The second-order valence-electron chi connectivity index (χ2n) is 11.5. The Morgan fingerprint density at radius 3 is 2.00 bits per heavy atom. The maximum absolute atomic E-state index is 13.4. The molecule has 0 aliphatic carbocycles. The predicted octanol–water partition coefficient (Wildman–Crippen LogP) is 2.62. The van der Waals surface area contributed by atoms with Crippen molar-refractivity contribution in [3.63, 3.8) is 0 Å². The van der Waals surface area contributed by atoms with E-state index in [1.54, 1.807) is 51.1 Å². The Hall–Kier alpha value is -4.86. The molecule has 0 saturated carbocycles. The van der Waals surface area contributed by atoms with Crippen LogP contribution in [0, 0.1) is 0 Å². The van der Waals surface area contributed by atoms with Crippen LogP contribution in [0.4, 0.5) is 0 Å². The van der Waals surface area contributed by atoms with Gasteiger partial charge in [-0.3, -0.25) is 19.2 Å². The maximum atomic E-state index is 13.4. The number of hydrogen-bond donors (Lipinski definition) is 3. The summed E-state index contributed by atoms with van der Waals surface area (Å²) in [7, 11) is 0. The summed E-state index contributed by atoms with van der Waals surface area (Å²) in [4.78, 5) is 56.3. The molecule has 2 atom stereocenters. The van der Waals surface area contributed by atoms with E-state index < -0.39 is 23.6 Å². The van der Waals surface area contributed by atoms with Crippen molar-refractivity contribution in [2.75, 3.05) is 26.2 Å². The SMILES string of the molecule is O=C1NC[C@@H](CCCCN2C[C@H](Cc3ccc(O)cc3)N(Cc3ccccc3)C(=O)C2=O)N(CCc2ccc(O)cc2)C1=O. The van der Waals surface area contributed by atoms with E-state index in [-0.39, 0.29) is 23.6 Å². The fourth-order valence-corrected chi connectivity index (χ4v) is 5.94. The van der Waals surface area contributed by atoms with Gasteiger partial charge in [-0.2, -0.15) is 0 Å². The van der Waals surface area contributed by atoms with Crippen molar-refractivity contribution in [2.24, 2.45) is 0 Å². The molecule has 10 nitrogen and oxygen atoms in total. The van der Waals surface area contributed by atoms with Gasteiger partial charge in [-0.1, -0.05) is 54.6 Å². The van der Waals surface area contributed by atoms with Crippen molar-refractivity contribution >= 4 is 23.6 Å². The third-order valence-corrected chi connectivity index (χ3v) is 8.39. The lowest BCUT2D eigenvalue weighted by molar-refractivity contribution is -0.159. The largest absolute Gasteiger partial charge is 0.508 e. The molecule has 2 saturated heterocycles. The third kappa shape index (κ3) is 7.55. The molecule has 2 heterocycles. The number of nitrogens with one attached hydrogen (secondary N) is 1. The highest BCUT2D eigenvalue weighted by Crippen LogP contribution is 2.22. The molecule has 2 fully saturated rings. The van der Waals surface area contributed by atoms with Gasteiger partial charge in [0.15, 0.2) is 0 Å². The summed E-state index contributed by atoms with van der Waals surface area (Å²) in [5.74, 6) is -1.85. The number of nitrogens with zero attached hydrogens (tertiary/aromatic N) is 3. The number of carbonyl (C=O) groups excluding carboxylic acids is 4. The van der Waals surface area contributed by atoms with Gasteiger partial charge in [0, 0.05) is 38.8 Å². The van der Waals surface area contributed by atoms with E-state index in [4.69, 9.17) is 0 Å². The summed E-state index contributed by atoms with van der Waals surface area (Å²) in [5, 5.41) is 21.9. The lowest BCUT2D eigenvalue weighted by Gasteiger charge is -2.41. The minimum absolute atomic E-state index is 0.167. The molecule has 3 N–H and O–H groups in total. The summed E-state index contributed by atoms with van der Waals surface area (Å²) in [6, 6.07) is 22.9. The first-order valence-electron chi connectivity index (χ1n) is 15.1. The van der Waals surface area contributed by atoms with E-state index in [1.165, 1.54) is 0 Å². The molecule has 44 heavy (non-hydrogen) atoms. The topological polar surface area (TPSA) is 130 Å². The minimum atomic E-state index is -0.607. The quantitative estimate of drug-likeness (QED) is 0.217. The molecule has 3 aromatic rings. The molecule has 3 aromatic carbocycles. The first kappa shape index (κ1) is 30.6. The Balaban J connectivity index is 1.19. The maximum Gasteiger partial charge on any atom is 0.312 e. The molecular weight excluding hydrogens is 560 g/mol.